The van der Waals surface area contributed by atoms with Gasteiger partial charge in [-0.25, -0.2) is 0 Å². The average Bonchev–Trinajstić information content (AvgIpc) is 2.29. The second kappa shape index (κ2) is 5.72. The highest BCUT2D eigenvalue weighted by molar-refractivity contribution is 6.33. The van der Waals surface area contributed by atoms with Crippen molar-refractivity contribution in [2.45, 2.75) is 19.4 Å². The van der Waals surface area contributed by atoms with Crippen molar-refractivity contribution in [1.29, 1.82) is 0 Å². The number of nitrogens with two attached hydrogens (primary N) is 1. The molecule has 4 nitrogen and oxygen atoms in total. The van der Waals surface area contributed by atoms with E-state index in [1.807, 2.05) is 6.92 Å². The van der Waals surface area contributed by atoms with Crippen molar-refractivity contribution in [2.75, 3.05) is 12.3 Å². The van der Waals surface area contributed by atoms with E-state index >= 15 is 0 Å². The Morgan fingerprint density at radius 2 is 2.31 bits per heavy atom. The zero-order valence-electron chi connectivity index (χ0n) is 9.03. The molecule has 5 heteroatoms. The van der Waals surface area contributed by atoms with Crippen LogP contribution < -0.4 is 11.1 Å². The maximum atomic E-state index is 11.8. The van der Waals surface area contributed by atoms with Crippen LogP contribution in [0.2, 0.25) is 5.02 Å². The van der Waals surface area contributed by atoms with E-state index in [4.69, 9.17) is 22.4 Å². The number of amides is 1. The van der Waals surface area contributed by atoms with E-state index < -0.39 is 0 Å². The number of nitrogens with one attached hydrogen (secondary N) is 1. The van der Waals surface area contributed by atoms with Gasteiger partial charge in [0.2, 0.25) is 0 Å². The summed E-state index contributed by atoms with van der Waals surface area (Å²) in [6.07, 6.45) is 0.655. The minimum absolute atomic E-state index is 0.0945. The predicted molar refractivity (Wildman–Crippen MR) is 64.5 cm³/mol. The molecular formula is C11H15ClN2O2. The largest absolute Gasteiger partial charge is 0.397 e. The number of aliphatic hydroxyl groups excluding tert-OH is 1. The molecule has 1 amide bonds. The number of halogens is 1. The summed E-state index contributed by atoms with van der Waals surface area (Å²) in [6, 6.07) is 4.62. The van der Waals surface area contributed by atoms with Crippen LogP contribution in [-0.4, -0.2) is 23.7 Å². The molecule has 0 aliphatic rings. The molecule has 0 radical (unpaired) electrons. The normalized spacial score (nSPS) is 12.2. The van der Waals surface area contributed by atoms with Gasteiger partial charge in [0.25, 0.3) is 5.91 Å². The first-order valence-electron chi connectivity index (χ1n) is 5.05. The van der Waals surface area contributed by atoms with Gasteiger partial charge in [-0.3, -0.25) is 4.79 Å². The Morgan fingerprint density at radius 1 is 1.62 bits per heavy atom. The van der Waals surface area contributed by atoms with Gasteiger partial charge < -0.3 is 16.2 Å². The Hall–Kier alpha value is -1.26. The van der Waals surface area contributed by atoms with Crippen LogP contribution in [0.1, 0.15) is 23.7 Å². The smallest absolute Gasteiger partial charge is 0.253 e. The van der Waals surface area contributed by atoms with Gasteiger partial charge >= 0.3 is 0 Å². The number of nitrogen functional groups attached to an aromatic ring is 1. The van der Waals surface area contributed by atoms with Crippen molar-refractivity contribution in [1.82, 2.24) is 5.32 Å². The molecule has 0 aromatic heterocycles. The van der Waals surface area contributed by atoms with Crippen LogP contribution in [0.4, 0.5) is 5.69 Å². The molecule has 0 spiro atoms. The van der Waals surface area contributed by atoms with Gasteiger partial charge in [0.1, 0.15) is 0 Å². The maximum absolute atomic E-state index is 11.8. The molecule has 0 aliphatic heterocycles. The molecule has 0 saturated heterocycles. The summed E-state index contributed by atoms with van der Waals surface area (Å²) in [6.45, 7) is 1.78. The van der Waals surface area contributed by atoms with Gasteiger partial charge in [0, 0.05) is 0 Å². The number of rotatable bonds is 4. The van der Waals surface area contributed by atoms with E-state index in [9.17, 15) is 4.79 Å². The Kier molecular flexibility index (Phi) is 4.58. The summed E-state index contributed by atoms with van der Waals surface area (Å²) in [5.74, 6) is -0.319. The highest BCUT2D eigenvalue weighted by atomic mass is 35.5. The topological polar surface area (TPSA) is 75.3 Å². The van der Waals surface area contributed by atoms with Gasteiger partial charge in [-0.05, 0) is 18.6 Å². The van der Waals surface area contributed by atoms with E-state index in [1.54, 1.807) is 18.2 Å². The molecule has 16 heavy (non-hydrogen) atoms. The fourth-order valence-electron chi connectivity index (χ4n) is 1.27. The number of carbonyl (C=O) groups excluding carboxylic acids is 1. The van der Waals surface area contributed by atoms with Gasteiger partial charge in [-0.15, -0.1) is 0 Å². The lowest BCUT2D eigenvalue weighted by molar-refractivity contribution is 0.0916. The first kappa shape index (κ1) is 12.8. The molecule has 0 fully saturated rings. The second-order valence-electron chi connectivity index (χ2n) is 3.46. The molecule has 88 valence electrons. The fraction of sp³-hybridized carbons (Fsp3) is 0.364. The number of para-hydroxylation sites is 1. The van der Waals surface area contributed by atoms with Crippen molar-refractivity contribution in [3.05, 3.63) is 28.8 Å². The molecule has 1 unspecified atom stereocenters. The summed E-state index contributed by atoms with van der Waals surface area (Å²) in [4.78, 5) is 11.8. The summed E-state index contributed by atoms with van der Waals surface area (Å²) in [7, 11) is 0. The Bertz CT molecular complexity index is 378. The van der Waals surface area contributed by atoms with Gasteiger partial charge in [0.15, 0.2) is 0 Å². The highest BCUT2D eigenvalue weighted by Gasteiger charge is 2.14. The van der Waals surface area contributed by atoms with Crippen LogP contribution in [0.25, 0.3) is 0 Å². The molecule has 4 N–H and O–H groups in total. The van der Waals surface area contributed by atoms with E-state index in [0.29, 0.717) is 17.0 Å². The third-order valence-electron chi connectivity index (χ3n) is 2.35. The van der Waals surface area contributed by atoms with E-state index in [0.717, 1.165) is 0 Å². The number of anilines is 1. The van der Waals surface area contributed by atoms with Crippen molar-refractivity contribution in [3.8, 4) is 0 Å². The quantitative estimate of drug-likeness (QED) is 0.699. The first-order chi connectivity index (χ1) is 7.60. The van der Waals surface area contributed by atoms with Gasteiger partial charge in [-0.1, -0.05) is 24.6 Å². The first-order valence-corrected chi connectivity index (χ1v) is 5.43. The predicted octanol–water partition coefficient (Wildman–Crippen LogP) is 1.42. The summed E-state index contributed by atoms with van der Waals surface area (Å²) < 4.78 is 0. The number of hydrogen-bond acceptors (Lipinski definition) is 3. The Labute approximate surface area is 99.4 Å². The van der Waals surface area contributed by atoms with Crippen molar-refractivity contribution >= 4 is 23.2 Å². The Balaban J connectivity index is 2.84. The zero-order valence-corrected chi connectivity index (χ0v) is 9.79. The van der Waals surface area contributed by atoms with Gasteiger partial charge in [-0.2, -0.15) is 0 Å². The van der Waals surface area contributed by atoms with Gasteiger partial charge in [0.05, 0.1) is 28.9 Å². The minimum Gasteiger partial charge on any atom is -0.397 e. The molecule has 0 bridgehead atoms. The van der Waals surface area contributed by atoms with E-state index in [-0.39, 0.29) is 24.2 Å². The van der Waals surface area contributed by atoms with E-state index in [2.05, 4.69) is 5.32 Å². The Morgan fingerprint density at radius 3 is 2.88 bits per heavy atom. The van der Waals surface area contributed by atoms with Crippen LogP contribution in [0, 0.1) is 0 Å². The number of hydrogen-bond donors (Lipinski definition) is 3. The summed E-state index contributed by atoms with van der Waals surface area (Å²) in [5, 5.41) is 12.0. The standard InChI is InChI=1S/C11H15ClN2O2/c1-2-7(6-15)14-11(16)8-4-3-5-9(12)10(8)13/h3-5,7,15H,2,6,13H2,1H3,(H,14,16). The van der Waals surface area contributed by atoms with Crippen molar-refractivity contribution in [2.24, 2.45) is 0 Å². The number of aliphatic hydroxyl groups is 1. The minimum atomic E-state index is -0.319. The van der Waals surface area contributed by atoms with Crippen molar-refractivity contribution in [3.63, 3.8) is 0 Å². The zero-order chi connectivity index (χ0) is 12.1. The van der Waals surface area contributed by atoms with Crippen LogP contribution >= 0.6 is 11.6 Å². The monoisotopic (exact) mass is 242 g/mol. The molecule has 0 saturated carbocycles. The molecule has 0 heterocycles. The highest BCUT2D eigenvalue weighted by Crippen LogP contribution is 2.22. The third-order valence-corrected chi connectivity index (χ3v) is 2.68. The lowest BCUT2D eigenvalue weighted by atomic mass is 10.1. The second-order valence-corrected chi connectivity index (χ2v) is 3.87. The van der Waals surface area contributed by atoms with Crippen LogP contribution in [0.15, 0.2) is 18.2 Å². The number of benzene rings is 1. The van der Waals surface area contributed by atoms with E-state index in [1.165, 1.54) is 0 Å². The lowest BCUT2D eigenvalue weighted by Gasteiger charge is -2.15. The SMILES string of the molecule is CCC(CO)NC(=O)c1cccc(Cl)c1N. The average molecular weight is 243 g/mol. The molecule has 1 aromatic carbocycles. The van der Waals surface area contributed by atoms with Crippen LogP contribution in [-0.2, 0) is 0 Å². The number of carbonyl (C=O) groups is 1. The maximum Gasteiger partial charge on any atom is 0.253 e. The summed E-state index contributed by atoms with van der Waals surface area (Å²) in [5.41, 5.74) is 6.28. The van der Waals surface area contributed by atoms with Crippen LogP contribution in [0.3, 0.4) is 0 Å². The fourth-order valence-corrected chi connectivity index (χ4v) is 1.45. The third kappa shape index (κ3) is 2.87. The molecule has 1 rings (SSSR count). The molecule has 1 atom stereocenters. The summed E-state index contributed by atoms with van der Waals surface area (Å²) >= 11 is 5.81. The molecular weight excluding hydrogens is 228 g/mol. The lowest BCUT2D eigenvalue weighted by Crippen LogP contribution is -2.37. The molecule has 0 aliphatic carbocycles. The molecule has 1 aromatic rings. The van der Waals surface area contributed by atoms with Crippen molar-refractivity contribution < 1.29 is 9.90 Å². The van der Waals surface area contributed by atoms with Crippen LogP contribution in [0.5, 0.6) is 0 Å².